The molecule has 0 bridgehead atoms. The van der Waals surface area contributed by atoms with Crippen molar-refractivity contribution in [2.75, 3.05) is 12.3 Å². The van der Waals surface area contributed by atoms with Crippen LogP contribution in [0, 0.1) is 6.92 Å². The molecule has 9 N–H and O–H groups in total. The van der Waals surface area contributed by atoms with Crippen LogP contribution in [0.4, 0.5) is 0 Å². The normalized spacial score (nSPS) is 14.7. The molecule has 0 amide bonds. The number of carbonyl (C=O) groups is 2. The molecule has 1 rings (SSSR count). The van der Waals surface area contributed by atoms with E-state index in [-0.39, 0.29) is 41.3 Å². The standard InChI is InChI=1S/C17H29N4O9PS/c1-9-14(22)13(10(6-20-9)7-30-31(27,28)29)15(21-12(8-32)17(25)26)19-5-3-2-4-11(18)16(23)24/h6,11-12,15,19,21-22,32H,2-5,7-8,18H2,1H3,(H,23,24)(H,25,26)(H2,27,28,29)/t11-,12+,15+/m0/s1. The molecule has 0 unspecified atom stereocenters. The van der Waals surface area contributed by atoms with Crippen LogP contribution >= 0.6 is 20.5 Å². The van der Waals surface area contributed by atoms with Gasteiger partial charge in [0, 0.05) is 23.1 Å². The summed E-state index contributed by atoms with van der Waals surface area (Å²) in [6.45, 7) is 1.19. The highest BCUT2D eigenvalue weighted by molar-refractivity contribution is 7.80. The number of aromatic nitrogens is 1. The fraction of sp³-hybridized carbons (Fsp3) is 0.588. The lowest BCUT2D eigenvalue weighted by Crippen LogP contribution is -2.46. The number of phosphoric ester groups is 1. The van der Waals surface area contributed by atoms with Crippen molar-refractivity contribution in [3.05, 3.63) is 23.0 Å². The average molecular weight is 496 g/mol. The minimum atomic E-state index is -4.82. The summed E-state index contributed by atoms with van der Waals surface area (Å²) < 4.78 is 15.6. The molecule has 0 radical (unpaired) electrons. The fourth-order valence-corrected chi connectivity index (χ4v) is 3.32. The number of hydrogen-bond donors (Lipinski definition) is 9. The lowest BCUT2D eigenvalue weighted by molar-refractivity contribution is -0.139. The monoisotopic (exact) mass is 496 g/mol. The minimum Gasteiger partial charge on any atom is -0.506 e. The number of carboxylic acid groups (broad SMARTS) is 2. The summed E-state index contributed by atoms with van der Waals surface area (Å²) in [6.07, 6.45) is 1.48. The van der Waals surface area contributed by atoms with Crippen LogP contribution in [0.1, 0.15) is 42.2 Å². The number of aryl methyl sites for hydroxylation is 1. The van der Waals surface area contributed by atoms with Crippen LogP contribution in [0.3, 0.4) is 0 Å². The van der Waals surface area contributed by atoms with E-state index in [9.17, 15) is 24.4 Å². The first-order valence-electron chi connectivity index (χ1n) is 9.56. The van der Waals surface area contributed by atoms with Crippen LogP contribution in [-0.4, -0.2) is 66.4 Å². The van der Waals surface area contributed by atoms with E-state index in [1.807, 2.05) is 0 Å². The summed E-state index contributed by atoms with van der Waals surface area (Å²) in [6, 6.07) is -2.12. The van der Waals surface area contributed by atoms with Crippen molar-refractivity contribution in [1.29, 1.82) is 0 Å². The molecule has 0 saturated carbocycles. The van der Waals surface area contributed by atoms with Gasteiger partial charge in [-0.15, -0.1) is 0 Å². The van der Waals surface area contributed by atoms with E-state index in [0.29, 0.717) is 12.8 Å². The maximum atomic E-state index is 11.5. The van der Waals surface area contributed by atoms with E-state index in [4.69, 9.17) is 20.6 Å². The molecule has 0 aliphatic rings. The van der Waals surface area contributed by atoms with E-state index in [0.717, 1.165) is 0 Å². The average Bonchev–Trinajstić information content (AvgIpc) is 2.70. The van der Waals surface area contributed by atoms with Crippen LogP contribution in [-0.2, 0) is 25.3 Å². The van der Waals surface area contributed by atoms with Crippen LogP contribution in [0.2, 0.25) is 0 Å². The van der Waals surface area contributed by atoms with Crippen molar-refractivity contribution in [3.63, 3.8) is 0 Å². The van der Waals surface area contributed by atoms with Gasteiger partial charge in [-0.05, 0) is 26.3 Å². The Morgan fingerprint density at radius 1 is 1.28 bits per heavy atom. The predicted molar refractivity (Wildman–Crippen MR) is 116 cm³/mol. The number of thiol groups is 1. The molecule has 0 aliphatic carbocycles. The third-order valence-electron chi connectivity index (χ3n) is 4.49. The Morgan fingerprint density at radius 3 is 2.47 bits per heavy atom. The fourth-order valence-electron chi connectivity index (χ4n) is 2.75. The van der Waals surface area contributed by atoms with Gasteiger partial charge in [0.15, 0.2) is 0 Å². The number of hydrogen-bond acceptors (Lipinski definition) is 10. The lowest BCUT2D eigenvalue weighted by Gasteiger charge is -2.27. The molecule has 3 atom stereocenters. The Morgan fingerprint density at radius 2 is 1.94 bits per heavy atom. The van der Waals surface area contributed by atoms with Crippen molar-refractivity contribution < 1.29 is 43.8 Å². The van der Waals surface area contributed by atoms with Crippen molar-refractivity contribution in [2.45, 2.75) is 51.0 Å². The number of phosphoric acid groups is 1. The summed E-state index contributed by atoms with van der Waals surface area (Å²) >= 11 is 4.02. The van der Waals surface area contributed by atoms with Crippen LogP contribution in [0.5, 0.6) is 5.75 Å². The lowest BCUT2D eigenvalue weighted by atomic mass is 10.0. The summed E-state index contributed by atoms with van der Waals surface area (Å²) in [4.78, 5) is 44.3. The molecule has 1 aromatic rings. The van der Waals surface area contributed by atoms with E-state index >= 15 is 0 Å². The molecular weight excluding hydrogens is 467 g/mol. The van der Waals surface area contributed by atoms with Gasteiger partial charge in [0.2, 0.25) is 0 Å². The number of aromatic hydroxyl groups is 1. The Kier molecular flexibility index (Phi) is 11.5. The molecule has 32 heavy (non-hydrogen) atoms. The molecular formula is C17H29N4O9PS. The SMILES string of the molecule is Cc1ncc(COP(=O)(O)O)c([C@H](NCCCC[C@H](N)C(=O)O)N[C@H](CS)C(=O)O)c1O. The topological polar surface area (TPSA) is 225 Å². The summed E-state index contributed by atoms with van der Waals surface area (Å²) in [5.74, 6) is -2.70. The first-order valence-corrected chi connectivity index (χ1v) is 11.7. The zero-order chi connectivity index (χ0) is 24.5. The van der Waals surface area contributed by atoms with Crippen molar-refractivity contribution in [2.24, 2.45) is 5.73 Å². The zero-order valence-corrected chi connectivity index (χ0v) is 19.1. The molecule has 0 fully saturated rings. The van der Waals surface area contributed by atoms with Gasteiger partial charge < -0.3 is 30.8 Å². The van der Waals surface area contributed by atoms with Gasteiger partial charge >= 0.3 is 19.8 Å². The number of carboxylic acids is 2. The van der Waals surface area contributed by atoms with Gasteiger partial charge in [0.25, 0.3) is 0 Å². The van der Waals surface area contributed by atoms with Crippen LogP contribution < -0.4 is 16.4 Å². The van der Waals surface area contributed by atoms with Gasteiger partial charge in [-0.3, -0.25) is 29.7 Å². The highest BCUT2D eigenvalue weighted by Gasteiger charge is 2.27. The highest BCUT2D eigenvalue weighted by atomic mass is 32.1. The number of nitrogens with zero attached hydrogens (tertiary/aromatic N) is 1. The first kappa shape index (κ1) is 28.3. The summed E-state index contributed by atoms with van der Waals surface area (Å²) in [5.41, 5.74) is 5.91. The summed E-state index contributed by atoms with van der Waals surface area (Å²) in [7, 11) is -4.82. The second-order valence-electron chi connectivity index (χ2n) is 6.96. The number of pyridine rings is 1. The quantitative estimate of drug-likeness (QED) is 0.0667. The molecule has 0 saturated heterocycles. The maximum Gasteiger partial charge on any atom is 0.469 e. The van der Waals surface area contributed by atoms with Crippen LogP contribution in [0.25, 0.3) is 0 Å². The van der Waals surface area contributed by atoms with E-state index in [2.05, 4.69) is 32.8 Å². The smallest absolute Gasteiger partial charge is 0.469 e. The van der Waals surface area contributed by atoms with E-state index < -0.39 is 44.6 Å². The highest BCUT2D eigenvalue weighted by Crippen LogP contribution is 2.39. The number of aliphatic carboxylic acids is 2. The van der Waals surface area contributed by atoms with Gasteiger partial charge in [-0.2, -0.15) is 12.6 Å². The van der Waals surface area contributed by atoms with E-state index in [1.54, 1.807) is 0 Å². The molecule has 15 heteroatoms. The van der Waals surface area contributed by atoms with Crippen molar-refractivity contribution in [3.8, 4) is 5.75 Å². The molecule has 0 spiro atoms. The Hall–Kier alpha value is -1.77. The van der Waals surface area contributed by atoms with Crippen molar-refractivity contribution >= 4 is 32.4 Å². The van der Waals surface area contributed by atoms with Gasteiger partial charge in [0.1, 0.15) is 17.8 Å². The second kappa shape index (κ2) is 13.1. The zero-order valence-electron chi connectivity index (χ0n) is 17.3. The molecule has 1 heterocycles. The second-order valence-corrected chi connectivity index (χ2v) is 8.57. The van der Waals surface area contributed by atoms with Gasteiger partial charge in [0.05, 0.1) is 18.5 Å². The number of unbranched alkanes of at least 4 members (excludes halogenated alkanes) is 1. The third-order valence-corrected chi connectivity index (χ3v) is 5.32. The molecule has 0 aliphatic heterocycles. The first-order chi connectivity index (χ1) is 14.9. The predicted octanol–water partition coefficient (Wildman–Crippen LogP) is -0.152. The van der Waals surface area contributed by atoms with Gasteiger partial charge in [-0.25, -0.2) is 4.57 Å². The summed E-state index contributed by atoms with van der Waals surface area (Å²) in [5, 5.41) is 34.6. The molecule has 13 nitrogen and oxygen atoms in total. The number of nitrogens with two attached hydrogens (primary N) is 1. The Balaban J connectivity index is 3.12. The molecule has 1 aromatic heterocycles. The Labute approximate surface area is 190 Å². The molecule has 182 valence electrons. The van der Waals surface area contributed by atoms with Crippen molar-refractivity contribution in [1.82, 2.24) is 15.6 Å². The minimum absolute atomic E-state index is 0.0832. The van der Waals surface area contributed by atoms with Gasteiger partial charge in [-0.1, -0.05) is 6.42 Å². The van der Waals surface area contributed by atoms with Crippen LogP contribution in [0.15, 0.2) is 6.20 Å². The number of rotatable bonds is 15. The Bertz CT molecular complexity index is 838. The number of nitrogens with one attached hydrogen (secondary N) is 2. The third kappa shape index (κ3) is 9.38. The maximum absolute atomic E-state index is 11.5. The largest absolute Gasteiger partial charge is 0.506 e. The van der Waals surface area contributed by atoms with E-state index in [1.165, 1.54) is 13.1 Å². The molecule has 0 aromatic carbocycles.